The first-order valence-electron chi connectivity index (χ1n) is 3.66. The highest BCUT2D eigenvalue weighted by molar-refractivity contribution is 5.51. The molecule has 0 aromatic heterocycles. The standard InChI is InChI=1S/C8H11N3O/c12-7-6-9-11-10-8-4-2-1-3-5-8/h1-5,7,9-11H,6H2. The minimum Gasteiger partial charge on any atom is -0.308 e. The van der Waals surface area contributed by atoms with E-state index in [9.17, 15) is 4.79 Å². The lowest BCUT2D eigenvalue weighted by Crippen LogP contribution is -2.37. The van der Waals surface area contributed by atoms with Crippen molar-refractivity contribution < 1.29 is 4.79 Å². The van der Waals surface area contributed by atoms with E-state index in [0.29, 0.717) is 0 Å². The Morgan fingerprint density at radius 3 is 2.67 bits per heavy atom. The van der Waals surface area contributed by atoms with Crippen LogP contribution in [0.1, 0.15) is 0 Å². The van der Waals surface area contributed by atoms with Crippen molar-refractivity contribution in [3.8, 4) is 0 Å². The van der Waals surface area contributed by atoms with Crippen LogP contribution in [0.2, 0.25) is 0 Å². The Labute approximate surface area is 70.9 Å². The molecule has 1 aromatic carbocycles. The molecule has 0 aliphatic carbocycles. The first kappa shape index (κ1) is 8.70. The molecule has 0 saturated carbocycles. The lowest BCUT2D eigenvalue weighted by atomic mass is 10.3. The molecule has 4 nitrogen and oxygen atoms in total. The van der Waals surface area contributed by atoms with Gasteiger partial charge in [-0.2, -0.15) is 5.53 Å². The van der Waals surface area contributed by atoms with Crippen molar-refractivity contribution in [3.63, 3.8) is 0 Å². The van der Waals surface area contributed by atoms with Gasteiger partial charge >= 0.3 is 0 Å². The summed E-state index contributed by atoms with van der Waals surface area (Å²) in [4.78, 5) is 9.89. The summed E-state index contributed by atoms with van der Waals surface area (Å²) in [5.74, 6) is 0. The highest BCUT2D eigenvalue weighted by Gasteiger charge is 1.85. The third kappa shape index (κ3) is 3.14. The summed E-state index contributed by atoms with van der Waals surface area (Å²) in [6.45, 7) is 0.278. The zero-order chi connectivity index (χ0) is 8.65. The van der Waals surface area contributed by atoms with E-state index in [2.05, 4.69) is 16.4 Å². The maximum atomic E-state index is 9.89. The number of hydrazine groups is 2. The van der Waals surface area contributed by atoms with E-state index in [0.717, 1.165) is 12.0 Å². The van der Waals surface area contributed by atoms with Crippen molar-refractivity contribution in [2.24, 2.45) is 0 Å². The fourth-order valence-electron chi connectivity index (χ4n) is 0.731. The molecule has 64 valence electrons. The molecule has 0 atom stereocenters. The molecule has 0 radical (unpaired) electrons. The predicted octanol–water partition coefficient (Wildman–Crippen LogP) is 0.307. The molecule has 1 aromatic rings. The molecule has 1 rings (SSSR count). The topological polar surface area (TPSA) is 53.2 Å². The smallest absolute Gasteiger partial charge is 0.135 e. The van der Waals surface area contributed by atoms with E-state index in [1.54, 1.807) is 0 Å². The molecule has 12 heavy (non-hydrogen) atoms. The number of benzene rings is 1. The summed E-state index contributed by atoms with van der Waals surface area (Å²) in [5.41, 5.74) is 9.13. The number of carbonyl (C=O) groups excluding carboxylic acids is 1. The van der Waals surface area contributed by atoms with Crippen LogP contribution in [0.4, 0.5) is 5.69 Å². The van der Waals surface area contributed by atoms with E-state index in [-0.39, 0.29) is 6.54 Å². The van der Waals surface area contributed by atoms with Gasteiger partial charge in [0.1, 0.15) is 6.29 Å². The molecule has 0 aliphatic heterocycles. The number of para-hydroxylation sites is 1. The number of aldehydes is 1. The van der Waals surface area contributed by atoms with Crippen molar-refractivity contribution in [3.05, 3.63) is 30.3 Å². The van der Waals surface area contributed by atoms with Crippen LogP contribution in [-0.4, -0.2) is 12.8 Å². The Morgan fingerprint density at radius 1 is 1.25 bits per heavy atom. The van der Waals surface area contributed by atoms with Gasteiger partial charge in [-0.25, -0.2) is 5.43 Å². The average molecular weight is 165 g/mol. The fourth-order valence-corrected chi connectivity index (χ4v) is 0.731. The lowest BCUT2D eigenvalue weighted by molar-refractivity contribution is -0.107. The van der Waals surface area contributed by atoms with Gasteiger partial charge < -0.3 is 10.2 Å². The highest BCUT2D eigenvalue weighted by atomic mass is 16.1. The Kier molecular flexibility index (Phi) is 3.83. The van der Waals surface area contributed by atoms with E-state index in [1.165, 1.54) is 0 Å². The second-order valence-corrected chi connectivity index (χ2v) is 2.16. The minimum absolute atomic E-state index is 0.278. The second-order valence-electron chi connectivity index (χ2n) is 2.16. The van der Waals surface area contributed by atoms with Crippen molar-refractivity contribution in [1.82, 2.24) is 11.0 Å². The summed E-state index contributed by atoms with van der Waals surface area (Å²) >= 11 is 0. The molecule has 0 heterocycles. The lowest BCUT2D eigenvalue weighted by Gasteiger charge is -2.06. The summed E-state index contributed by atoms with van der Waals surface area (Å²) in [6, 6.07) is 9.60. The van der Waals surface area contributed by atoms with Gasteiger partial charge in [0, 0.05) is 0 Å². The molecule has 0 spiro atoms. The van der Waals surface area contributed by atoms with E-state index < -0.39 is 0 Å². The monoisotopic (exact) mass is 165 g/mol. The van der Waals surface area contributed by atoms with Crippen LogP contribution in [0.15, 0.2) is 30.3 Å². The van der Waals surface area contributed by atoms with Crippen LogP contribution < -0.4 is 16.4 Å². The number of hydrogen-bond acceptors (Lipinski definition) is 4. The van der Waals surface area contributed by atoms with E-state index in [1.807, 2.05) is 30.3 Å². The highest BCUT2D eigenvalue weighted by Crippen LogP contribution is 2.01. The van der Waals surface area contributed by atoms with Crippen LogP contribution >= 0.6 is 0 Å². The third-order valence-corrected chi connectivity index (χ3v) is 1.25. The SMILES string of the molecule is O=CCNNNc1ccccc1. The molecule has 0 amide bonds. The first-order valence-corrected chi connectivity index (χ1v) is 3.66. The number of anilines is 1. The van der Waals surface area contributed by atoms with Gasteiger partial charge in [0.25, 0.3) is 0 Å². The maximum absolute atomic E-state index is 9.89. The van der Waals surface area contributed by atoms with Gasteiger partial charge in [-0.05, 0) is 12.1 Å². The Hall–Kier alpha value is -1.39. The zero-order valence-corrected chi connectivity index (χ0v) is 6.58. The number of nitrogens with one attached hydrogen (secondary N) is 3. The summed E-state index contributed by atoms with van der Waals surface area (Å²) in [5, 5.41) is 0. The maximum Gasteiger partial charge on any atom is 0.135 e. The Balaban J connectivity index is 2.20. The molecule has 0 bridgehead atoms. The molecule has 0 aliphatic rings. The van der Waals surface area contributed by atoms with Crippen molar-refractivity contribution in [2.45, 2.75) is 0 Å². The summed E-state index contributed by atoms with van der Waals surface area (Å²) < 4.78 is 0. The molecule has 3 N–H and O–H groups in total. The Bertz CT molecular complexity index is 225. The Morgan fingerprint density at radius 2 is 2.00 bits per heavy atom. The van der Waals surface area contributed by atoms with Crippen LogP contribution in [0.5, 0.6) is 0 Å². The second kappa shape index (κ2) is 5.29. The van der Waals surface area contributed by atoms with Crippen LogP contribution in [0, 0.1) is 0 Å². The number of rotatable bonds is 5. The summed E-state index contributed by atoms with van der Waals surface area (Å²) in [6.07, 6.45) is 0.777. The van der Waals surface area contributed by atoms with Crippen molar-refractivity contribution in [1.29, 1.82) is 0 Å². The molecule has 4 heteroatoms. The largest absolute Gasteiger partial charge is 0.308 e. The summed E-state index contributed by atoms with van der Waals surface area (Å²) in [7, 11) is 0. The van der Waals surface area contributed by atoms with Crippen molar-refractivity contribution >= 4 is 12.0 Å². The average Bonchev–Trinajstić information content (AvgIpc) is 2.14. The van der Waals surface area contributed by atoms with Crippen LogP contribution in [-0.2, 0) is 4.79 Å². The molecule has 0 fully saturated rings. The molecule has 0 unspecified atom stereocenters. The molecular weight excluding hydrogens is 154 g/mol. The third-order valence-electron chi connectivity index (χ3n) is 1.25. The number of carbonyl (C=O) groups is 1. The van der Waals surface area contributed by atoms with Gasteiger partial charge in [-0.3, -0.25) is 0 Å². The minimum atomic E-state index is 0.278. The van der Waals surface area contributed by atoms with Gasteiger partial charge in [-0.1, -0.05) is 18.2 Å². The van der Waals surface area contributed by atoms with E-state index >= 15 is 0 Å². The molecule has 0 saturated heterocycles. The number of hydrogen-bond donors (Lipinski definition) is 3. The van der Waals surface area contributed by atoms with Crippen LogP contribution in [0.3, 0.4) is 0 Å². The molecular formula is C8H11N3O. The first-order chi connectivity index (χ1) is 5.93. The normalized spacial score (nSPS) is 9.33. The van der Waals surface area contributed by atoms with E-state index in [4.69, 9.17) is 0 Å². The zero-order valence-electron chi connectivity index (χ0n) is 6.58. The van der Waals surface area contributed by atoms with Gasteiger partial charge in [0.15, 0.2) is 0 Å². The quantitative estimate of drug-likeness (QED) is 0.334. The predicted molar refractivity (Wildman–Crippen MR) is 47.3 cm³/mol. The van der Waals surface area contributed by atoms with Gasteiger partial charge in [0.2, 0.25) is 0 Å². The van der Waals surface area contributed by atoms with Gasteiger partial charge in [0.05, 0.1) is 12.2 Å². The fraction of sp³-hybridized carbons (Fsp3) is 0.125. The van der Waals surface area contributed by atoms with Crippen molar-refractivity contribution in [2.75, 3.05) is 12.0 Å². The van der Waals surface area contributed by atoms with Crippen LogP contribution in [0.25, 0.3) is 0 Å². The van der Waals surface area contributed by atoms with Gasteiger partial charge in [-0.15, -0.1) is 0 Å².